The molecule has 4 rings (SSSR count). The fourth-order valence-corrected chi connectivity index (χ4v) is 3.19. The minimum absolute atomic E-state index is 0.00513. The predicted octanol–water partition coefficient (Wildman–Crippen LogP) is 2.87. The number of carbonyl (C=O) groups excluding carboxylic acids is 1. The summed E-state index contributed by atoms with van der Waals surface area (Å²) in [5, 5.41) is 0. The summed E-state index contributed by atoms with van der Waals surface area (Å²) in [7, 11) is 0. The molecule has 7 heteroatoms. The summed E-state index contributed by atoms with van der Waals surface area (Å²) < 4.78 is 28.1. The fourth-order valence-electron chi connectivity index (χ4n) is 3.19. The van der Waals surface area contributed by atoms with Gasteiger partial charge in [-0.1, -0.05) is 12.1 Å². The van der Waals surface area contributed by atoms with Crippen LogP contribution in [0, 0.1) is 0 Å². The van der Waals surface area contributed by atoms with E-state index < -0.39 is 0 Å². The maximum absolute atomic E-state index is 12.0. The molecule has 2 heterocycles. The Bertz CT molecular complexity index is 839. The molecule has 1 amide bonds. The zero-order valence-corrected chi connectivity index (χ0v) is 15.8. The van der Waals surface area contributed by atoms with Crippen LogP contribution >= 0.6 is 0 Å². The molecule has 1 atom stereocenters. The van der Waals surface area contributed by atoms with Gasteiger partial charge in [0.25, 0.3) is 0 Å². The maximum Gasteiger partial charge on any atom is 0.231 e. The van der Waals surface area contributed by atoms with Crippen LogP contribution in [0.15, 0.2) is 42.5 Å². The van der Waals surface area contributed by atoms with Gasteiger partial charge in [0.05, 0.1) is 13.2 Å². The summed E-state index contributed by atoms with van der Waals surface area (Å²) in [6, 6.07) is 13.1. The highest BCUT2D eigenvalue weighted by Gasteiger charge is 2.24. The molecule has 2 aliphatic heterocycles. The average molecular weight is 385 g/mol. The van der Waals surface area contributed by atoms with E-state index in [1.165, 1.54) is 0 Å². The summed E-state index contributed by atoms with van der Waals surface area (Å²) in [6.45, 7) is 3.79. The van der Waals surface area contributed by atoms with Crippen LogP contribution in [0.4, 0.5) is 0 Å². The van der Waals surface area contributed by atoms with Crippen molar-refractivity contribution >= 4 is 5.91 Å². The molecule has 2 aliphatic rings. The van der Waals surface area contributed by atoms with Crippen molar-refractivity contribution in [2.24, 2.45) is 0 Å². The van der Waals surface area contributed by atoms with E-state index in [-0.39, 0.29) is 18.8 Å². The van der Waals surface area contributed by atoms with Crippen molar-refractivity contribution in [3.63, 3.8) is 0 Å². The van der Waals surface area contributed by atoms with Crippen molar-refractivity contribution in [1.82, 2.24) is 4.90 Å². The van der Waals surface area contributed by atoms with Gasteiger partial charge in [-0.15, -0.1) is 0 Å². The Balaban J connectivity index is 1.25. The molecule has 7 nitrogen and oxygen atoms in total. The number of nitrogens with zero attached hydrogens (tertiary/aromatic N) is 1. The van der Waals surface area contributed by atoms with Gasteiger partial charge in [0.15, 0.2) is 29.1 Å². The monoisotopic (exact) mass is 385 g/mol. The minimum atomic E-state index is -0.187. The Kier molecular flexibility index (Phi) is 5.41. The second-order valence-corrected chi connectivity index (χ2v) is 6.68. The highest BCUT2D eigenvalue weighted by molar-refractivity contribution is 5.73. The lowest BCUT2D eigenvalue weighted by Crippen LogP contribution is -2.43. The second kappa shape index (κ2) is 8.29. The molecular weight excluding hydrogens is 362 g/mol. The number of hydrogen-bond acceptors (Lipinski definition) is 6. The number of benzene rings is 2. The van der Waals surface area contributed by atoms with Crippen molar-refractivity contribution in [3.05, 3.63) is 42.5 Å². The van der Waals surface area contributed by atoms with Gasteiger partial charge in [0.2, 0.25) is 12.7 Å². The third-order valence-electron chi connectivity index (χ3n) is 4.62. The number of ether oxygens (including phenoxy) is 5. The summed E-state index contributed by atoms with van der Waals surface area (Å²) in [5.41, 5.74) is 0. The first-order chi connectivity index (χ1) is 13.7. The third-order valence-corrected chi connectivity index (χ3v) is 4.62. The van der Waals surface area contributed by atoms with Gasteiger partial charge in [0, 0.05) is 19.5 Å². The summed E-state index contributed by atoms with van der Waals surface area (Å²) >= 11 is 0. The Labute approximate surface area is 163 Å². The highest BCUT2D eigenvalue weighted by Crippen LogP contribution is 2.35. The van der Waals surface area contributed by atoms with Gasteiger partial charge >= 0.3 is 0 Å². The molecule has 0 saturated carbocycles. The van der Waals surface area contributed by atoms with Crippen LogP contribution in [0.1, 0.15) is 13.3 Å². The van der Waals surface area contributed by atoms with Crippen molar-refractivity contribution in [2.45, 2.75) is 19.4 Å². The van der Waals surface area contributed by atoms with Crippen LogP contribution < -0.4 is 23.7 Å². The van der Waals surface area contributed by atoms with E-state index in [0.29, 0.717) is 44.2 Å². The first-order valence-electron chi connectivity index (χ1n) is 9.35. The summed E-state index contributed by atoms with van der Waals surface area (Å²) in [4.78, 5) is 13.8. The first kappa shape index (κ1) is 18.3. The van der Waals surface area contributed by atoms with E-state index in [1.54, 1.807) is 11.8 Å². The maximum atomic E-state index is 12.0. The zero-order chi connectivity index (χ0) is 19.3. The van der Waals surface area contributed by atoms with Crippen LogP contribution in [0.25, 0.3) is 0 Å². The van der Waals surface area contributed by atoms with Crippen LogP contribution in [-0.2, 0) is 4.79 Å². The van der Waals surface area contributed by atoms with Crippen molar-refractivity contribution in [3.8, 4) is 28.7 Å². The fraction of sp³-hybridized carbons (Fsp3) is 0.381. The molecule has 28 heavy (non-hydrogen) atoms. The van der Waals surface area contributed by atoms with Crippen molar-refractivity contribution in [1.29, 1.82) is 0 Å². The number of carbonyl (C=O) groups is 1. The van der Waals surface area contributed by atoms with Crippen molar-refractivity contribution < 1.29 is 28.5 Å². The summed E-state index contributed by atoms with van der Waals surface area (Å²) in [6.07, 6.45) is 0.520. The molecule has 2 aromatic rings. The topological polar surface area (TPSA) is 66.5 Å². The SMILES string of the molecule is CC(=O)N(CCCOc1ccc2c(c1)OCO2)C[C@H]1COc2ccccc2O1. The average Bonchev–Trinajstić information content (AvgIpc) is 3.18. The normalized spacial score (nSPS) is 16.5. The quantitative estimate of drug-likeness (QED) is 0.683. The molecule has 0 bridgehead atoms. The highest BCUT2D eigenvalue weighted by atomic mass is 16.7. The van der Waals surface area contributed by atoms with E-state index in [1.807, 2.05) is 42.5 Å². The van der Waals surface area contributed by atoms with Gasteiger partial charge in [-0.05, 0) is 30.7 Å². The third kappa shape index (κ3) is 4.24. The van der Waals surface area contributed by atoms with E-state index in [9.17, 15) is 4.79 Å². The molecule has 0 unspecified atom stereocenters. The number of para-hydroxylation sites is 2. The summed E-state index contributed by atoms with van der Waals surface area (Å²) in [5.74, 6) is 3.60. The second-order valence-electron chi connectivity index (χ2n) is 6.68. The lowest BCUT2D eigenvalue weighted by atomic mass is 10.2. The minimum Gasteiger partial charge on any atom is -0.493 e. The van der Waals surface area contributed by atoms with Gasteiger partial charge < -0.3 is 28.6 Å². The Hall–Kier alpha value is -3.09. The van der Waals surface area contributed by atoms with Crippen LogP contribution in [0.5, 0.6) is 28.7 Å². The van der Waals surface area contributed by atoms with Crippen molar-refractivity contribution in [2.75, 3.05) is 33.1 Å². The van der Waals surface area contributed by atoms with Crippen LogP contribution in [-0.4, -0.2) is 50.0 Å². The molecule has 0 fully saturated rings. The lowest BCUT2D eigenvalue weighted by molar-refractivity contribution is -0.130. The molecule has 148 valence electrons. The van der Waals surface area contributed by atoms with Gasteiger partial charge in [-0.3, -0.25) is 4.79 Å². The zero-order valence-electron chi connectivity index (χ0n) is 15.8. The molecule has 0 N–H and O–H groups in total. The van der Waals surface area contributed by atoms with Gasteiger partial charge in [0.1, 0.15) is 12.4 Å². The molecule has 2 aromatic carbocycles. The Morgan fingerprint density at radius 1 is 1.07 bits per heavy atom. The van der Waals surface area contributed by atoms with E-state index >= 15 is 0 Å². The Morgan fingerprint density at radius 2 is 1.86 bits per heavy atom. The van der Waals surface area contributed by atoms with Gasteiger partial charge in [-0.2, -0.15) is 0 Å². The molecule has 0 aliphatic carbocycles. The largest absolute Gasteiger partial charge is 0.493 e. The molecule has 0 radical (unpaired) electrons. The number of rotatable bonds is 7. The number of hydrogen-bond donors (Lipinski definition) is 0. The Morgan fingerprint density at radius 3 is 2.71 bits per heavy atom. The first-order valence-corrected chi connectivity index (χ1v) is 9.35. The van der Waals surface area contributed by atoms with Crippen LogP contribution in [0.3, 0.4) is 0 Å². The number of amides is 1. The molecule has 0 saturated heterocycles. The van der Waals surface area contributed by atoms with E-state index in [4.69, 9.17) is 23.7 Å². The molecule has 0 spiro atoms. The van der Waals surface area contributed by atoms with E-state index in [0.717, 1.165) is 17.2 Å². The van der Waals surface area contributed by atoms with Gasteiger partial charge in [-0.25, -0.2) is 0 Å². The standard InChI is InChI=1S/C21H23NO6/c1-15(23)22(12-17-13-25-18-5-2-3-6-20(18)28-17)9-4-10-24-16-7-8-19-21(11-16)27-14-26-19/h2-3,5-8,11,17H,4,9-10,12-14H2,1H3/t17-/m0/s1. The lowest BCUT2D eigenvalue weighted by Gasteiger charge is -2.31. The molecule has 0 aromatic heterocycles. The predicted molar refractivity (Wildman–Crippen MR) is 101 cm³/mol. The van der Waals surface area contributed by atoms with Crippen LogP contribution in [0.2, 0.25) is 0 Å². The smallest absolute Gasteiger partial charge is 0.231 e. The van der Waals surface area contributed by atoms with E-state index in [2.05, 4.69) is 0 Å². The molecular formula is C21H23NO6. The number of fused-ring (bicyclic) bond motifs is 2.